The van der Waals surface area contributed by atoms with Gasteiger partial charge in [0.15, 0.2) is 23.9 Å². The van der Waals surface area contributed by atoms with Gasteiger partial charge in [-0.2, -0.15) is 0 Å². The smallest absolute Gasteiger partial charge is 0.408 e. The van der Waals surface area contributed by atoms with Gasteiger partial charge in [-0.05, 0) is 29.7 Å². The van der Waals surface area contributed by atoms with Gasteiger partial charge in [-0.1, -0.05) is 44.2 Å². The van der Waals surface area contributed by atoms with Crippen LogP contribution in [0.25, 0.3) is 0 Å². The molecular weight excluding hydrogens is 390 g/mol. The van der Waals surface area contributed by atoms with Crippen LogP contribution in [-0.2, 0) is 20.9 Å². The second-order valence-electron chi connectivity index (χ2n) is 7.03. The van der Waals surface area contributed by atoms with E-state index in [1.807, 2.05) is 30.3 Å². The number of carbonyl (C=O) groups excluding carboxylic acids is 3. The molecule has 2 aromatic carbocycles. The Hall–Kier alpha value is -3.55. The van der Waals surface area contributed by atoms with E-state index in [4.69, 9.17) is 18.9 Å². The first-order chi connectivity index (χ1) is 14.4. The predicted molar refractivity (Wildman–Crippen MR) is 106 cm³/mol. The lowest BCUT2D eigenvalue weighted by Gasteiger charge is -2.20. The lowest BCUT2D eigenvalue weighted by Crippen LogP contribution is -2.45. The number of nitrogens with one attached hydrogen (secondary N) is 1. The Balaban J connectivity index is 1.51. The van der Waals surface area contributed by atoms with E-state index in [-0.39, 0.29) is 19.3 Å². The molecular formula is C22H23NO7. The second kappa shape index (κ2) is 9.78. The number of amides is 1. The standard InChI is InChI=1S/C22H23NO7/c1-14(2)20(23-22(26)28-11-15-6-4-3-5-7-15)21(25)27-12-17(24)16-8-9-18-19(10-16)30-13-29-18/h3-10,14,20H,11-13H2,1-2H3,(H,23,26)/t20-/m0/s1. The van der Waals surface area contributed by atoms with Crippen molar-refractivity contribution in [2.45, 2.75) is 26.5 Å². The van der Waals surface area contributed by atoms with E-state index < -0.39 is 30.5 Å². The highest BCUT2D eigenvalue weighted by Crippen LogP contribution is 2.32. The fraction of sp³-hybridized carbons (Fsp3) is 0.318. The van der Waals surface area contributed by atoms with Crippen molar-refractivity contribution in [1.82, 2.24) is 5.32 Å². The summed E-state index contributed by atoms with van der Waals surface area (Å²) in [5.74, 6) is -0.342. The SMILES string of the molecule is CC(C)[C@H](NC(=O)OCc1ccccc1)C(=O)OCC(=O)c1ccc2c(c1)OCO2. The topological polar surface area (TPSA) is 100 Å². The molecule has 8 nitrogen and oxygen atoms in total. The molecule has 3 rings (SSSR count). The minimum absolute atomic E-state index is 0.0785. The minimum atomic E-state index is -0.946. The molecule has 2 aromatic rings. The van der Waals surface area contributed by atoms with Crippen LogP contribution < -0.4 is 14.8 Å². The van der Waals surface area contributed by atoms with E-state index >= 15 is 0 Å². The third-order valence-electron chi connectivity index (χ3n) is 4.45. The van der Waals surface area contributed by atoms with Crippen LogP contribution in [0.2, 0.25) is 0 Å². The van der Waals surface area contributed by atoms with E-state index in [9.17, 15) is 14.4 Å². The zero-order chi connectivity index (χ0) is 21.5. The van der Waals surface area contributed by atoms with E-state index in [1.54, 1.807) is 26.0 Å². The zero-order valence-corrected chi connectivity index (χ0v) is 16.8. The van der Waals surface area contributed by atoms with Crippen LogP contribution in [0.5, 0.6) is 11.5 Å². The fourth-order valence-corrected chi connectivity index (χ4v) is 2.77. The third kappa shape index (κ3) is 5.50. The summed E-state index contributed by atoms with van der Waals surface area (Å²) in [4.78, 5) is 36.8. The quantitative estimate of drug-likeness (QED) is 0.524. The molecule has 30 heavy (non-hydrogen) atoms. The van der Waals surface area contributed by atoms with Gasteiger partial charge < -0.3 is 24.3 Å². The summed E-state index contributed by atoms with van der Waals surface area (Å²) in [5, 5.41) is 2.50. The number of ketones is 1. The van der Waals surface area contributed by atoms with Crippen molar-refractivity contribution in [2.75, 3.05) is 13.4 Å². The number of hydrogen-bond donors (Lipinski definition) is 1. The monoisotopic (exact) mass is 413 g/mol. The Morgan fingerprint density at radius 1 is 1.00 bits per heavy atom. The first kappa shape index (κ1) is 21.2. The van der Waals surface area contributed by atoms with Crippen LogP contribution in [0.3, 0.4) is 0 Å². The number of rotatable bonds is 8. The number of esters is 1. The molecule has 1 heterocycles. The maximum absolute atomic E-state index is 12.4. The molecule has 0 unspecified atom stereocenters. The maximum atomic E-state index is 12.4. The minimum Gasteiger partial charge on any atom is -0.456 e. The highest BCUT2D eigenvalue weighted by atomic mass is 16.7. The first-order valence-corrected chi connectivity index (χ1v) is 9.50. The molecule has 158 valence electrons. The highest BCUT2D eigenvalue weighted by molar-refractivity contribution is 5.98. The summed E-state index contributed by atoms with van der Waals surface area (Å²) < 4.78 is 20.7. The molecule has 8 heteroatoms. The van der Waals surface area contributed by atoms with Gasteiger partial charge in [0, 0.05) is 5.56 Å². The lowest BCUT2D eigenvalue weighted by atomic mass is 10.1. The Morgan fingerprint density at radius 3 is 2.47 bits per heavy atom. The van der Waals surface area contributed by atoms with Crippen molar-refractivity contribution in [3.05, 3.63) is 59.7 Å². The lowest BCUT2D eigenvalue weighted by molar-refractivity contribution is -0.146. The van der Waals surface area contributed by atoms with Crippen molar-refractivity contribution < 1.29 is 33.3 Å². The Bertz CT molecular complexity index is 911. The van der Waals surface area contributed by atoms with Gasteiger partial charge in [-0.15, -0.1) is 0 Å². The van der Waals surface area contributed by atoms with Gasteiger partial charge in [0.1, 0.15) is 12.6 Å². The largest absolute Gasteiger partial charge is 0.456 e. The van der Waals surface area contributed by atoms with Crippen molar-refractivity contribution in [3.63, 3.8) is 0 Å². The van der Waals surface area contributed by atoms with Crippen LogP contribution in [0, 0.1) is 5.92 Å². The molecule has 1 amide bonds. The number of fused-ring (bicyclic) bond motifs is 1. The first-order valence-electron chi connectivity index (χ1n) is 9.50. The Morgan fingerprint density at radius 2 is 1.73 bits per heavy atom. The van der Waals surface area contributed by atoms with Gasteiger partial charge in [-0.25, -0.2) is 9.59 Å². The van der Waals surface area contributed by atoms with Crippen LogP contribution in [0.4, 0.5) is 4.79 Å². The van der Waals surface area contributed by atoms with Crippen LogP contribution in [0.15, 0.2) is 48.5 Å². The molecule has 0 spiro atoms. The van der Waals surface area contributed by atoms with Crippen LogP contribution in [0.1, 0.15) is 29.8 Å². The van der Waals surface area contributed by atoms with Gasteiger partial charge in [-0.3, -0.25) is 4.79 Å². The van der Waals surface area contributed by atoms with Gasteiger partial charge in [0.2, 0.25) is 6.79 Å². The Kier molecular flexibility index (Phi) is 6.90. The molecule has 0 bridgehead atoms. The molecule has 1 aliphatic rings. The van der Waals surface area contributed by atoms with Crippen LogP contribution >= 0.6 is 0 Å². The van der Waals surface area contributed by atoms with Crippen molar-refractivity contribution in [3.8, 4) is 11.5 Å². The average Bonchev–Trinajstić information content (AvgIpc) is 3.22. The average molecular weight is 413 g/mol. The van der Waals surface area contributed by atoms with Crippen molar-refractivity contribution in [2.24, 2.45) is 5.92 Å². The third-order valence-corrected chi connectivity index (χ3v) is 4.45. The van der Waals surface area contributed by atoms with Gasteiger partial charge >= 0.3 is 12.1 Å². The number of carbonyl (C=O) groups is 3. The zero-order valence-electron chi connectivity index (χ0n) is 16.8. The molecule has 1 atom stereocenters. The molecule has 1 aliphatic heterocycles. The van der Waals surface area contributed by atoms with Crippen molar-refractivity contribution in [1.29, 1.82) is 0 Å². The van der Waals surface area contributed by atoms with E-state index in [2.05, 4.69) is 5.32 Å². The molecule has 0 saturated heterocycles. The van der Waals surface area contributed by atoms with E-state index in [1.165, 1.54) is 6.07 Å². The summed E-state index contributed by atoms with van der Waals surface area (Å²) in [6.07, 6.45) is -0.739. The van der Waals surface area contributed by atoms with Crippen molar-refractivity contribution >= 4 is 17.8 Å². The maximum Gasteiger partial charge on any atom is 0.408 e. The highest BCUT2D eigenvalue weighted by Gasteiger charge is 2.27. The summed E-state index contributed by atoms with van der Waals surface area (Å²) >= 11 is 0. The molecule has 1 N–H and O–H groups in total. The summed E-state index contributed by atoms with van der Waals surface area (Å²) in [6, 6.07) is 13.0. The number of ether oxygens (including phenoxy) is 4. The number of hydrogen-bond acceptors (Lipinski definition) is 7. The normalized spacial score (nSPS) is 12.9. The second-order valence-corrected chi connectivity index (χ2v) is 7.03. The molecule has 0 fully saturated rings. The number of benzene rings is 2. The molecule has 0 aliphatic carbocycles. The van der Waals surface area contributed by atoms with Gasteiger partial charge in [0.05, 0.1) is 0 Å². The fourth-order valence-electron chi connectivity index (χ4n) is 2.77. The predicted octanol–water partition coefficient (Wildman–Crippen LogP) is 3.09. The summed E-state index contributed by atoms with van der Waals surface area (Å²) in [6.45, 7) is 3.23. The van der Waals surface area contributed by atoms with E-state index in [0.29, 0.717) is 17.1 Å². The molecule has 0 saturated carbocycles. The summed E-state index contributed by atoms with van der Waals surface area (Å²) in [5.41, 5.74) is 1.16. The van der Waals surface area contributed by atoms with E-state index in [0.717, 1.165) is 5.56 Å². The molecule has 0 aromatic heterocycles. The van der Waals surface area contributed by atoms with Crippen LogP contribution in [-0.4, -0.2) is 37.3 Å². The molecule has 0 radical (unpaired) electrons. The number of Topliss-reactive ketones (excluding diaryl/α,β-unsaturated/α-hetero) is 1. The number of alkyl carbamates (subject to hydrolysis) is 1. The Labute approximate surface area is 174 Å². The van der Waals surface area contributed by atoms with Gasteiger partial charge in [0.25, 0.3) is 0 Å². The summed E-state index contributed by atoms with van der Waals surface area (Å²) in [7, 11) is 0.